The van der Waals surface area contributed by atoms with Crippen LogP contribution in [0.5, 0.6) is 5.75 Å². The van der Waals surface area contributed by atoms with Gasteiger partial charge in [-0.1, -0.05) is 13.5 Å². The summed E-state index contributed by atoms with van der Waals surface area (Å²) in [6.07, 6.45) is 4.66. The number of hydrogen-bond acceptors (Lipinski definition) is 7. The zero-order valence-corrected chi connectivity index (χ0v) is 21.1. The third-order valence-corrected chi connectivity index (χ3v) is 9.09. The van der Waals surface area contributed by atoms with Gasteiger partial charge in [-0.2, -0.15) is 5.26 Å². The van der Waals surface area contributed by atoms with Crippen molar-refractivity contribution in [3.05, 3.63) is 42.0 Å². The highest BCUT2D eigenvalue weighted by atomic mass is 16.5. The number of benzene rings is 1. The number of pyridine rings is 1. The topological polar surface area (TPSA) is 93.5 Å². The maximum Gasteiger partial charge on any atom is 0.245 e. The SMILES string of the molecule is C=CC(=O)N1CC2(CCN(c3nc4cc(OC)ccc4c(C4C(C)CCC5NNCC54)c3C#N)C2)C1. The van der Waals surface area contributed by atoms with Gasteiger partial charge in [0, 0.05) is 55.6 Å². The van der Waals surface area contributed by atoms with Crippen molar-refractivity contribution in [2.75, 3.05) is 44.7 Å². The van der Waals surface area contributed by atoms with E-state index < -0.39 is 0 Å². The number of methoxy groups -OCH3 is 1. The first-order valence-corrected chi connectivity index (χ1v) is 13.0. The van der Waals surface area contributed by atoms with Gasteiger partial charge < -0.3 is 14.5 Å². The molecular formula is C28H34N6O2. The van der Waals surface area contributed by atoms with Crippen LogP contribution in [-0.4, -0.2) is 61.7 Å². The standard InChI is InChI=1S/C28H34N6O2/c1-4-24(35)34-15-28(16-34)9-10-33(14-28)27-20(12-29)26(19-7-6-18(36-3)11-23(19)31-27)25-17(2)5-8-22-21(25)13-30-32-22/h4,6-7,11,17,21-22,25,30,32H,1,5,8-10,13-16H2,2-3H3. The van der Waals surface area contributed by atoms with Gasteiger partial charge in [-0.3, -0.25) is 15.6 Å². The van der Waals surface area contributed by atoms with Crippen molar-refractivity contribution in [1.82, 2.24) is 20.7 Å². The highest BCUT2D eigenvalue weighted by Crippen LogP contribution is 2.49. The summed E-state index contributed by atoms with van der Waals surface area (Å²) in [6.45, 7) is 9.98. The number of anilines is 1. The van der Waals surface area contributed by atoms with E-state index >= 15 is 0 Å². The van der Waals surface area contributed by atoms with E-state index in [1.165, 1.54) is 6.08 Å². The Hall–Kier alpha value is -3.15. The summed E-state index contributed by atoms with van der Waals surface area (Å²) in [4.78, 5) is 21.3. The zero-order chi connectivity index (χ0) is 25.0. The van der Waals surface area contributed by atoms with E-state index in [0.29, 0.717) is 23.4 Å². The molecule has 4 atom stereocenters. The molecular weight excluding hydrogens is 452 g/mol. The Kier molecular flexibility index (Phi) is 5.66. The molecule has 0 radical (unpaired) electrons. The maximum atomic E-state index is 12.1. The van der Waals surface area contributed by atoms with Crippen molar-refractivity contribution < 1.29 is 9.53 Å². The summed E-state index contributed by atoms with van der Waals surface area (Å²) < 4.78 is 5.54. The van der Waals surface area contributed by atoms with Crippen molar-refractivity contribution in [2.24, 2.45) is 17.3 Å². The fourth-order valence-corrected chi connectivity index (χ4v) is 7.25. The average Bonchev–Trinajstić information content (AvgIpc) is 3.54. The number of carbonyl (C=O) groups is 1. The smallest absolute Gasteiger partial charge is 0.245 e. The lowest BCUT2D eigenvalue weighted by atomic mass is 9.66. The van der Waals surface area contributed by atoms with Gasteiger partial charge in [0.2, 0.25) is 5.91 Å². The third-order valence-electron chi connectivity index (χ3n) is 9.09. The first-order chi connectivity index (χ1) is 17.5. The van der Waals surface area contributed by atoms with Crippen molar-refractivity contribution in [2.45, 2.75) is 38.1 Å². The second-order valence-electron chi connectivity index (χ2n) is 11.2. The molecule has 4 aliphatic rings. The molecule has 1 amide bonds. The monoisotopic (exact) mass is 486 g/mol. The molecule has 188 valence electrons. The Labute approximate surface area is 212 Å². The summed E-state index contributed by atoms with van der Waals surface area (Å²) in [5.74, 6) is 2.71. The number of amides is 1. The Bertz CT molecular complexity index is 1260. The molecule has 2 N–H and O–H groups in total. The van der Waals surface area contributed by atoms with E-state index in [9.17, 15) is 10.1 Å². The van der Waals surface area contributed by atoms with Crippen LogP contribution < -0.4 is 20.5 Å². The van der Waals surface area contributed by atoms with Crippen LogP contribution in [0, 0.1) is 28.6 Å². The summed E-state index contributed by atoms with van der Waals surface area (Å²) in [5.41, 5.74) is 9.67. The van der Waals surface area contributed by atoms with Gasteiger partial charge in [-0.15, -0.1) is 0 Å². The Morgan fingerprint density at radius 3 is 2.92 bits per heavy atom. The van der Waals surface area contributed by atoms with E-state index in [2.05, 4.69) is 41.4 Å². The highest BCUT2D eigenvalue weighted by molar-refractivity contribution is 5.90. The quantitative estimate of drug-likeness (QED) is 0.642. The fraction of sp³-hybridized carbons (Fsp3) is 0.536. The molecule has 6 rings (SSSR count). The lowest BCUT2D eigenvalue weighted by molar-refractivity contribution is -0.136. The minimum absolute atomic E-state index is 0.00498. The normalized spacial score (nSPS) is 28.6. The minimum Gasteiger partial charge on any atom is -0.497 e. The molecule has 1 saturated carbocycles. The number of hydrogen-bond donors (Lipinski definition) is 2. The van der Waals surface area contributed by atoms with Gasteiger partial charge in [0.25, 0.3) is 0 Å². The number of likely N-dealkylation sites (tertiary alicyclic amines) is 1. The van der Waals surface area contributed by atoms with Gasteiger partial charge in [0.1, 0.15) is 17.6 Å². The predicted octanol–water partition coefficient (Wildman–Crippen LogP) is 2.95. The Morgan fingerprint density at radius 2 is 2.17 bits per heavy atom. The molecule has 8 nitrogen and oxygen atoms in total. The summed E-state index contributed by atoms with van der Waals surface area (Å²) >= 11 is 0. The van der Waals surface area contributed by atoms with E-state index in [4.69, 9.17) is 9.72 Å². The van der Waals surface area contributed by atoms with Crippen molar-refractivity contribution in [1.29, 1.82) is 5.26 Å². The van der Waals surface area contributed by atoms with Crippen LogP contribution in [0.15, 0.2) is 30.9 Å². The summed E-state index contributed by atoms with van der Waals surface area (Å²) in [5, 5.41) is 11.6. The van der Waals surface area contributed by atoms with E-state index in [1.807, 2.05) is 17.0 Å². The maximum absolute atomic E-state index is 12.1. The lowest BCUT2D eigenvalue weighted by Crippen LogP contribution is -2.59. The van der Waals surface area contributed by atoms with E-state index in [1.54, 1.807) is 7.11 Å². The number of rotatable bonds is 4. The van der Waals surface area contributed by atoms with E-state index in [-0.39, 0.29) is 17.2 Å². The summed E-state index contributed by atoms with van der Waals surface area (Å²) in [6, 6.07) is 9.09. The number of hydrazine groups is 1. The third kappa shape index (κ3) is 3.56. The van der Waals surface area contributed by atoms with Crippen LogP contribution in [-0.2, 0) is 4.79 Å². The van der Waals surface area contributed by atoms with Crippen molar-refractivity contribution in [3.63, 3.8) is 0 Å². The Morgan fingerprint density at radius 1 is 1.33 bits per heavy atom. The molecule has 4 heterocycles. The van der Waals surface area contributed by atoms with Crippen LogP contribution in [0.2, 0.25) is 0 Å². The van der Waals surface area contributed by atoms with Gasteiger partial charge in [0.05, 0.1) is 18.2 Å². The molecule has 4 fully saturated rings. The van der Waals surface area contributed by atoms with Gasteiger partial charge in [-0.25, -0.2) is 4.98 Å². The molecule has 1 aromatic carbocycles. The predicted molar refractivity (Wildman–Crippen MR) is 139 cm³/mol. The minimum atomic E-state index is -0.00498. The van der Waals surface area contributed by atoms with Gasteiger partial charge in [0.15, 0.2) is 0 Å². The van der Waals surface area contributed by atoms with Gasteiger partial charge >= 0.3 is 0 Å². The molecule has 36 heavy (non-hydrogen) atoms. The zero-order valence-electron chi connectivity index (χ0n) is 21.1. The molecule has 0 bridgehead atoms. The number of ether oxygens (including phenoxy) is 1. The number of nitriles is 1. The Balaban J connectivity index is 1.45. The van der Waals surface area contributed by atoms with Crippen LogP contribution in [0.1, 0.15) is 43.2 Å². The first-order valence-electron chi connectivity index (χ1n) is 13.0. The van der Waals surface area contributed by atoms with Crippen LogP contribution >= 0.6 is 0 Å². The number of fused-ring (bicyclic) bond motifs is 2. The molecule has 2 aromatic rings. The highest BCUT2D eigenvalue weighted by Gasteiger charge is 2.50. The second kappa shape index (κ2) is 8.75. The molecule has 8 heteroatoms. The molecule has 1 aliphatic carbocycles. The molecule has 3 saturated heterocycles. The lowest BCUT2D eigenvalue weighted by Gasteiger charge is -2.47. The van der Waals surface area contributed by atoms with Crippen LogP contribution in [0.3, 0.4) is 0 Å². The van der Waals surface area contributed by atoms with Crippen molar-refractivity contribution in [3.8, 4) is 11.8 Å². The molecule has 1 aromatic heterocycles. The van der Waals surface area contributed by atoms with Crippen molar-refractivity contribution >= 4 is 22.6 Å². The van der Waals surface area contributed by atoms with E-state index in [0.717, 1.165) is 80.0 Å². The number of aromatic nitrogens is 1. The summed E-state index contributed by atoms with van der Waals surface area (Å²) in [7, 11) is 1.67. The second-order valence-corrected chi connectivity index (χ2v) is 11.2. The molecule has 4 unspecified atom stereocenters. The number of nitrogens with one attached hydrogen (secondary N) is 2. The molecule has 1 spiro atoms. The largest absolute Gasteiger partial charge is 0.497 e. The number of nitrogens with zero attached hydrogens (tertiary/aromatic N) is 4. The fourth-order valence-electron chi connectivity index (χ4n) is 7.25. The first kappa shape index (κ1) is 23.3. The average molecular weight is 487 g/mol. The van der Waals surface area contributed by atoms with Crippen LogP contribution in [0.4, 0.5) is 5.82 Å². The number of carbonyl (C=O) groups excluding carboxylic acids is 1. The van der Waals surface area contributed by atoms with Gasteiger partial charge in [-0.05, 0) is 60.8 Å². The van der Waals surface area contributed by atoms with Crippen LogP contribution in [0.25, 0.3) is 10.9 Å². The molecule has 3 aliphatic heterocycles.